The highest BCUT2D eigenvalue weighted by Crippen LogP contribution is 2.40. The maximum Gasteiger partial charge on any atom is 0.0973 e. The molecule has 0 aliphatic heterocycles. The lowest BCUT2D eigenvalue weighted by atomic mass is 9.99. The van der Waals surface area contributed by atoms with Gasteiger partial charge in [0, 0.05) is 55.8 Å². The maximum atomic E-state index is 5.46. The van der Waals surface area contributed by atoms with E-state index in [2.05, 4.69) is 210 Å². The van der Waals surface area contributed by atoms with Crippen LogP contribution in [0.3, 0.4) is 0 Å². The fraction of sp³-hybridized carbons (Fsp3) is 0. The van der Waals surface area contributed by atoms with Crippen molar-refractivity contribution in [1.82, 2.24) is 14.5 Å². The predicted molar refractivity (Wildman–Crippen MR) is 233 cm³/mol. The molecule has 0 atom stereocenters. The summed E-state index contributed by atoms with van der Waals surface area (Å²) >= 11 is 0. The molecule has 4 nitrogen and oxygen atoms in total. The number of fused-ring (bicyclic) bond motifs is 3. The van der Waals surface area contributed by atoms with E-state index in [4.69, 9.17) is 9.97 Å². The molecule has 8 aromatic carbocycles. The van der Waals surface area contributed by atoms with Crippen molar-refractivity contribution in [2.45, 2.75) is 0 Å². The Hall–Kier alpha value is -7.56. The summed E-state index contributed by atoms with van der Waals surface area (Å²) in [6.07, 6.45) is 0. The molecule has 10 aromatic rings. The summed E-state index contributed by atoms with van der Waals surface area (Å²) < 4.78 is 2.36. The zero-order chi connectivity index (χ0) is 37.3. The van der Waals surface area contributed by atoms with Gasteiger partial charge in [-0.25, -0.2) is 9.97 Å². The lowest BCUT2D eigenvalue weighted by molar-refractivity contribution is 1.17. The average Bonchev–Trinajstić information content (AvgIpc) is 3.62. The second-order valence-electron chi connectivity index (χ2n) is 13.8. The Morgan fingerprint density at radius 1 is 0.286 bits per heavy atom. The van der Waals surface area contributed by atoms with Crippen molar-refractivity contribution < 1.29 is 0 Å². The van der Waals surface area contributed by atoms with Gasteiger partial charge in [-0.05, 0) is 60.7 Å². The summed E-state index contributed by atoms with van der Waals surface area (Å²) in [5, 5.41) is 2.51. The van der Waals surface area contributed by atoms with Gasteiger partial charge in [0.15, 0.2) is 0 Å². The van der Waals surface area contributed by atoms with Crippen LogP contribution in [0.2, 0.25) is 0 Å². The van der Waals surface area contributed by atoms with E-state index in [0.29, 0.717) is 0 Å². The van der Waals surface area contributed by atoms with Gasteiger partial charge < -0.3 is 9.47 Å². The number of para-hydroxylation sites is 3. The molecule has 0 spiro atoms. The van der Waals surface area contributed by atoms with Crippen LogP contribution in [-0.4, -0.2) is 14.5 Å². The smallest absolute Gasteiger partial charge is 0.0973 e. The van der Waals surface area contributed by atoms with Crippen LogP contribution >= 0.6 is 0 Å². The van der Waals surface area contributed by atoms with E-state index in [9.17, 15) is 0 Å². The third kappa shape index (κ3) is 6.00. The fourth-order valence-corrected chi connectivity index (χ4v) is 7.77. The Morgan fingerprint density at radius 2 is 0.607 bits per heavy atom. The van der Waals surface area contributed by atoms with Crippen molar-refractivity contribution >= 4 is 38.9 Å². The first kappa shape index (κ1) is 33.0. The van der Waals surface area contributed by atoms with Gasteiger partial charge in [-0.15, -0.1) is 0 Å². The van der Waals surface area contributed by atoms with E-state index in [1.165, 1.54) is 21.8 Å². The second kappa shape index (κ2) is 14.3. The minimum Gasteiger partial charge on any atom is -0.311 e. The number of hydrogen-bond donors (Lipinski definition) is 0. The van der Waals surface area contributed by atoms with Crippen LogP contribution in [0, 0.1) is 0 Å². The molecule has 10 rings (SSSR count). The Morgan fingerprint density at radius 3 is 1.04 bits per heavy atom. The molecule has 0 saturated carbocycles. The van der Waals surface area contributed by atoms with Crippen LogP contribution in [0.1, 0.15) is 0 Å². The van der Waals surface area contributed by atoms with Crippen LogP contribution < -0.4 is 4.90 Å². The number of anilines is 3. The average molecular weight is 717 g/mol. The number of hydrogen-bond acceptors (Lipinski definition) is 3. The van der Waals surface area contributed by atoms with E-state index in [1.54, 1.807) is 0 Å². The van der Waals surface area contributed by atoms with E-state index < -0.39 is 0 Å². The van der Waals surface area contributed by atoms with Crippen molar-refractivity contribution in [1.29, 1.82) is 0 Å². The van der Waals surface area contributed by atoms with Gasteiger partial charge in [0.2, 0.25) is 0 Å². The summed E-state index contributed by atoms with van der Waals surface area (Å²) in [7, 11) is 0. The molecule has 0 aliphatic rings. The Balaban J connectivity index is 1.09. The van der Waals surface area contributed by atoms with Crippen molar-refractivity contribution in [3.63, 3.8) is 0 Å². The zero-order valence-electron chi connectivity index (χ0n) is 30.6. The van der Waals surface area contributed by atoms with E-state index in [1.807, 2.05) is 18.2 Å². The van der Waals surface area contributed by atoms with Crippen molar-refractivity contribution in [3.05, 3.63) is 218 Å². The fourth-order valence-electron chi connectivity index (χ4n) is 7.77. The second-order valence-corrected chi connectivity index (χ2v) is 13.8. The van der Waals surface area contributed by atoms with E-state index in [0.717, 1.165) is 67.8 Å². The first-order valence-electron chi connectivity index (χ1n) is 18.9. The quantitative estimate of drug-likeness (QED) is 0.157. The van der Waals surface area contributed by atoms with Gasteiger partial charge in [0.25, 0.3) is 0 Å². The van der Waals surface area contributed by atoms with Gasteiger partial charge in [-0.2, -0.15) is 0 Å². The molecule has 0 bridgehead atoms. The third-order valence-corrected chi connectivity index (χ3v) is 10.4. The highest BCUT2D eigenvalue weighted by molar-refractivity contribution is 6.09. The number of nitrogens with zero attached hydrogens (tertiary/aromatic N) is 4. The predicted octanol–water partition coefficient (Wildman–Crippen LogP) is 13.7. The van der Waals surface area contributed by atoms with Gasteiger partial charge in [0.1, 0.15) is 0 Å². The van der Waals surface area contributed by atoms with Gasteiger partial charge in [-0.3, -0.25) is 0 Å². The summed E-state index contributed by atoms with van der Waals surface area (Å²) in [4.78, 5) is 13.2. The molecule has 4 heteroatoms. The minimum atomic E-state index is 0.836. The molecule has 0 fully saturated rings. The van der Waals surface area contributed by atoms with E-state index >= 15 is 0 Å². The molecule has 0 aliphatic carbocycles. The van der Waals surface area contributed by atoms with Crippen molar-refractivity contribution in [2.24, 2.45) is 0 Å². The maximum absolute atomic E-state index is 5.46. The largest absolute Gasteiger partial charge is 0.311 e. The monoisotopic (exact) mass is 716 g/mol. The first-order valence-corrected chi connectivity index (χ1v) is 18.9. The normalized spacial score (nSPS) is 11.2. The molecule has 0 amide bonds. The molecule has 0 unspecified atom stereocenters. The standard InChI is InChI=1S/C52H36N4/c1-5-17-37(18-6-1)49-50(38-19-7-2-8-20-38)54-52(51(53-49)39-21-9-3-10-22-39)40-29-31-42(32-30-40)55(41-23-11-4-12-24-41)43-33-35-44(36-34-43)56-47-27-15-13-25-45(47)46-26-14-16-28-48(46)56/h1-36H. The lowest BCUT2D eigenvalue weighted by Gasteiger charge is -2.26. The molecule has 264 valence electrons. The number of aromatic nitrogens is 3. The SMILES string of the molecule is c1ccc(-c2nc(-c3ccccc3)c(-c3ccc(N(c4ccccc4)c4ccc(-n5c6ccccc6c6ccccc65)cc4)cc3)nc2-c2ccccc2)cc1. The van der Waals surface area contributed by atoms with Crippen molar-refractivity contribution in [3.8, 4) is 50.7 Å². The molecule has 2 heterocycles. The lowest BCUT2D eigenvalue weighted by Crippen LogP contribution is -2.10. The third-order valence-electron chi connectivity index (χ3n) is 10.4. The molecule has 2 aromatic heterocycles. The van der Waals surface area contributed by atoms with Gasteiger partial charge >= 0.3 is 0 Å². The summed E-state index contributed by atoms with van der Waals surface area (Å²) in [6, 6.07) is 76.5. The van der Waals surface area contributed by atoms with E-state index in [-0.39, 0.29) is 0 Å². The zero-order valence-corrected chi connectivity index (χ0v) is 30.6. The van der Waals surface area contributed by atoms with Crippen molar-refractivity contribution in [2.75, 3.05) is 4.90 Å². The highest BCUT2D eigenvalue weighted by Gasteiger charge is 2.21. The molecule has 0 saturated heterocycles. The highest BCUT2D eigenvalue weighted by atomic mass is 15.1. The molecule has 56 heavy (non-hydrogen) atoms. The Kier molecular flexibility index (Phi) is 8.47. The molecular formula is C52H36N4. The van der Waals surface area contributed by atoms with Crippen LogP contribution in [0.4, 0.5) is 17.1 Å². The Bertz CT molecular complexity index is 2870. The minimum absolute atomic E-state index is 0.836. The van der Waals surface area contributed by atoms with Gasteiger partial charge in [0.05, 0.1) is 33.8 Å². The summed E-state index contributed by atoms with van der Waals surface area (Å²) in [5.41, 5.74) is 14.2. The van der Waals surface area contributed by atoms with Crippen LogP contribution in [-0.2, 0) is 0 Å². The summed E-state index contributed by atoms with van der Waals surface area (Å²) in [5.74, 6) is 0. The van der Waals surface area contributed by atoms with Crippen LogP contribution in [0.5, 0.6) is 0 Å². The Labute approximate surface area is 326 Å². The number of rotatable bonds is 8. The van der Waals surface area contributed by atoms with Crippen LogP contribution in [0.15, 0.2) is 218 Å². The van der Waals surface area contributed by atoms with Gasteiger partial charge in [-0.1, -0.05) is 158 Å². The molecular weight excluding hydrogens is 681 g/mol. The number of benzene rings is 8. The first-order chi connectivity index (χ1) is 27.8. The topological polar surface area (TPSA) is 34.0 Å². The van der Waals surface area contributed by atoms with Crippen LogP contribution in [0.25, 0.3) is 72.5 Å². The summed E-state index contributed by atoms with van der Waals surface area (Å²) in [6.45, 7) is 0. The molecule has 0 N–H and O–H groups in total. The molecule has 0 radical (unpaired) electrons.